The van der Waals surface area contributed by atoms with Gasteiger partial charge in [0, 0.05) is 16.0 Å². The molecule has 0 aromatic heterocycles. The van der Waals surface area contributed by atoms with Crippen molar-refractivity contribution in [1.29, 1.82) is 0 Å². The van der Waals surface area contributed by atoms with Crippen molar-refractivity contribution in [3.63, 3.8) is 0 Å². The van der Waals surface area contributed by atoms with E-state index in [1.54, 1.807) is 66.7 Å². The van der Waals surface area contributed by atoms with E-state index >= 15 is 0 Å². The Balaban J connectivity index is 0.800. The summed E-state index contributed by atoms with van der Waals surface area (Å²) in [7, 11) is 0. The van der Waals surface area contributed by atoms with Gasteiger partial charge in [-0.2, -0.15) is 0 Å². The van der Waals surface area contributed by atoms with Gasteiger partial charge in [0.1, 0.15) is 35.2 Å². The molecule has 0 bridgehead atoms. The highest BCUT2D eigenvalue weighted by molar-refractivity contribution is 7.98. The van der Waals surface area contributed by atoms with Crippen molar-refractivity contribution < 1.29 is 66.8 Å². The van der Waals surface area contributed by atoms with Crippen LogP contribution in [-0.4, -0.2) is 71.8 Å². The summed E-state index contributed by atoms with van der Waals surface area (Å²) in [4.78, 5) is 109. The van der Waals surface area contributed by atoms with E-state index in [0.717, 1.165) is 69.1 Å². The minimum absolute atomic E-state index is 0.0203. The molecule has 9 rings (SSSR count). The molecule has 0 atom stereocenters. The number of benzene rings is 4. The molecule has 0 spiro atoms. The molecule has 412 valence electrons. The van der Waals surface area contributed by atoms with Crippen molar-refractivity contribution in [2.24, 2.45) is 29.6 Å². The molecule has 15 heteroatoms. The summed E-state index contributed by atoms with van der Waals surface area (Å²) in [6, 6.07) is 20.4. The van der Waals surface area contributed by atoms with E-state index in [-0.39, 0.29) is 88.8 Å². The van der Waals surface area contributed by atoms with Crippen molar-refractivity contribution in [2.75, 3.05) is 6.26 Å². The van der Waals surface area contributed by atoms with Crippen LogP contribution < -0.4 is 18.9 Å². The Kier molecular flexibility index (Phi) is 18.3. The predicted molar refractivity (Wildman–Crippen MR) is 290 cm³/mol. The van der Waals surface area contributed by atoms with Crippen molar-refractivity contribution in [3.8, 4) is 23.0 Å². The highest BCUT2D eigenvalue weighted by Crippen LogP contribution is 2.44. The molecule has 14 nitrogen and oxygen atoms in total. The number of hydrogen-bond donors (Lipinski definition) is 0. The van der Waals surface area contributed by atoms with E-state index in [1.165, 1.54) is 36.7 Å². The fourth-order valence-corrected chi connectivity index (χ4v) is 12.5. The minimum Gasteiger partial charge on any atom is -0.479 e. The second-order valence-corrected chi connectivity index (χ2v) is 22.9. The van der Waals surface area contributed by atoms with E-state index in [0.29, 0.717) is 60.9 Å². The lowest BCUT2D eigenvalue weighted by molar-refractivity contribution is -0.141. The normalized spacial score (nSPS) is 24.8. The van der Waals surface area contributed by atoms with Gasteiger partial charge < -0.3 is 28.4 Å². The zero-order chi connectivity index (χ0) is 54.9. The molecule has 78 heavy (non-hydrogen) atoms. The summed E-state index contributed by atoms with van der Waals surface area (Å²) in [5, 5.41) is 0. The van der Waals surface area contributed by atoms with Crippen LogP contribution in [0, 0.1) is 29.6 Å². The van der Waals surface area contributed by atoms with Gasteiger partial charge >= 0.3 is 29.8 Å². The van der Waals surface area contributed by atoms with Gasteiger partial charge in [-0.05, 0) is 200 Å². The molecular formula is C63H70O14S. The topological polar surface area (TPSA) is 192 Å². The van der Waals surface area contributed by atoms with E-state index in [1.807, 2.05) is 6.26 Å². The first-order valence-corrected chi connectivity index (χ1v) is 29.4. The summed E-state index contributed by atoms with van der Waals surface area (Å²) >= 11 is 1.40. The molecule has 0 amide bonds. The third-order valence-corrected chi connectivity index (χ3v) is 17.5. The molecular weight excluding hydrogens is 1010 g/mol. The van der Waals surface area contributed by atoms with Crippen LogP contribution in [0.5, 0.6) is 23.0 Å². The van der Waals surface area contributed by atoms with Crippen molar-refractivity contribution in [1.82, 2.24) is 0 Å². The Morgan fingerprint density at radius 2 is 0.962 bits per heavy atom. The van der Waals surface area contributed by atoms with Gasteiger partial charge in [0.2, 0.25) is 0 Å². The number of esters is 5. The highest BCUT2D eigenvalue weighted by atomic mass is 32.2. The monoisotopic (exact) mass is 1080 g/mol. The second kappa shape index (κ2) is 25.5. The van der Waals surface area contributed by atoms with Crippen molar-refractivity contribution >= 4 is 59.5 Å². The van der Waals surface area contributed by atoms with Gasteiger partial charge in [-0.25, -0.2) is 9.59 Å². The van der Waals surface area contributed by atoms with E-state index in [4.69, 9.17) is 28.4 Å². The van der Waals surface area contributed by atoms with Gasteiger partial charge in [-0.3, -0.25) is 28.8 Å². The number of hydrogen-bond acceptors (Lipinski definition) is 15. The van der Waals surface area contributed by atoms with Crippen LogP contribution in [0.25, 0.3) is 0 Å². The largest absolute Gasteiger partial charge is 0.479 e. The Hall–Kier alpha value is -6.61. The molecule has 0 unspecified atom stereocenters. The summed E-state index contributed by atoms with van der Waals surface area (Å²) in [5.41, 5.74) is -0.821. The van der Waals surface area contributed by atoms with Gasteiger partial charge in [-0.1, -0.05) is 39.5 Å². The molecule has 4 saturated carbocycles. The Bertz CT molecular complexity index is 2860. The lowest BCUT2D eigenvalue weighted by atomic mass is 9.80. The molecule has 0 radical (unpaired) electrons. The van der Waals surface area contributed by atoms with Gasteiger partial charge in [0.05, 0.1) is 40.0 Å². The predicted octanol–water partition coefficient (Wildman–Crippen LogP) is 12.6. The molecule has 4 aromatic rings. The van der Waals surface area contributed by atoms with Crippen LogP contribution in [0.3, 0.4) is 0 Å². The van der Waals surface area contributed by atoms with Gasteiger partial charge in [0.25, 0.3) is 0 Å². The summed E-state index contributed by atoms with van der Waals surface area (Å²) in [6.45, 7) is 4.36. The standard InChI is InChI=1S/C63H70O14S/c1-4-6-38-8-12-40(13-9-38)58(67)72-45-22-16-42(17-23-45)60(69)74-47-26-20-44(21-27-47)62(71)76-52-30-31-53(55-54(52)57(66)51-36-49(78-3)28-29-50(51)56(55)65)77-63(37-64)34-32-48(33-35-63)75-61(70)43-18-24-46(25-19-43)73-59(68)41-14-10-39(7-5-2)11-15-41/h16-19,22-25,28-31,36-41,44,47-48H,4-15,20-21,26-27,32-35H2,1-3H3. The highest BCUT2D eigenvalue weighted by Gasteiger charge is 2.43. The number of rotatable bonds is 18. The van der Waals surface area contributed by atoms with Crippen LogP contribution >= 0.6 is 11.8 Å². The molecule has 0 heterocycles. The van der Waals surface area contributed by atoms with Gasteiger partial charge in [0.15, 0.2) is 23.5 Å². The fraction of sp³-hybridized carbons (Fsp3) is 0.492. The SMILES string of the molecule is CCCC1CCC(C(=O)Oc2ccc(C(=O)OC3CCC(C(=O)Oc4ccc(OC5(C=O)CCC(OC(=O)c6ccc(OC(=O)C7CCC(CCC)CC7)cc6)CC5)c5c4C(=O)c4cc(SC)ccc4C5=O)CC3)cc2)CC1. The smallest absolute Gasteiger partial charge is 0.338 e. The molecule has 5 aliphatic carbocycles. The third-order valence-electron chi connectivity index (χ3n) is 16.7. The van der Waals surface area contributed by atoms with Crippen LogP contribution in [0.2, 0.25) is 0 Å². The summed E-state index contributed by atoms with van der Waals surface area (Å²) < 4.78 is 35.5. The minimum atomic E-state index is -1.44. The van der Waals surface area contributed by atoms with Crippen molar-refractivity contribution in [2.45, 2.75) is 165 Å². The molecule has 5 aliphatic rings. The number of fused-ring (bicyclic) bond motifs is 2. The van der Waals surface area contributed by atoms with Crippen LogP contribution in [0.4, 0.5) is 0 Å². The first-order valence-electron chi connectivity index (χ1n) is 28.1. The zero-order valence-electron chi connectivity index (χ0n) is 44.9. The average molecular weight is 1080 g/mol. The molecule has 4 fully saturated rings. The molecule has 0 saturated heterocycles. The molecule has 0 aliphatic heterocycles. The summed E-state index contributed by atoms with van der Waals surface area (Å²) in [5.74, 6) is -2.18. The van der Waals surface area contributed by atoms with Gasteiger partial charge in [-0.15, -0.1) is 11.8 Å². The molecule has 4 aromatic carbocycles. The number of thioether (sulfide) groups is 1. The van der Waals surface area contributed by atoms with E-state index in [2.05, 4.69) is 13.8 Å². The number of aldehydes is 1. The van der Waals surface area contributed by atoms with Crippen molar-refractivity contribution in [3.05, 3.63) is 112 Å². The first kappa shape index (κ1) is 56.1. The van der Waals surface area contributed by atoms with E-state index in [9.17, 15) is 38.4 Å². The quantitative estimate of drug-likeness (QED) is 0.0348. The Morgan fingerprint density at radius 1 is 0.526 bits per heavy atom. The first-order chi connectivity index (χ1) is 37.8. The average Bonchev–Trinajstić information content (AvgIpc) is 3.61. The lowest BCUT2D eigenvalue weighted by Crippen LogP contribution is -2.44. The molecule has 0 N–H and O–H groups in total. The second-order valence-electron chi connectivity index (χ2n) is 22.0. The van der Waals surface area contributed by atoms with Crippen LogP contribution in [0.1, 0.15) is 195 Å². The fourth-order valence-electron chi connectivity index (χ4n) is 12.1. The van der Waals surface area contributed by atoms with E-state index < -0.39 is 53.2 Å². The number of carbonyl (C=O) groups is 8. The number of ketones is 2. The number of carbonyl (C=O) groups excluding carboxylic acids is 8. The maximum atomic E-state index is 14.5. The van der Waals surface area contributed by atoms with Crippen LogP contribution in [-0.2, 0) is 28.7 Å². The lowest BCUT2D eigenvalue weighted by Gasteiger charge is -2.37. The maximum Gasteiger partial charge on any atom is 0.338 e. The Labute approximate surface area is 460 Å². The number of ether oxygens (including phenoxy) is 6. The van der Waals surface area contributed by atoms with Crippen LogP contribution in [0.15, 0.2) is 83.8 Å². The summed E-state index contributed by atoms with van der Waals surface area (Å²) in [6.07, 6.45) is 15.8. The third kappa shape index (κ3) is 13.1. The Morgan fingerprint density at radius 3 is 1.44 bits per heavy atom. The zero-order valence-corrected chi connectivity index (χ0v) is 45.7. The maximum absolute atomic E-state index is 14.5.